The van der Waals surface area contributed by atoms with E-state index in [-0.39, 0.29) is 5.91 Å². The lowest BCUT2D eigenvalue weighted by molar-refractivity contribution is -0.128. The van der Waals surface area contributed by atoms with E-state index in [1.165, 1.54) is 0 Å². The van der Waals surface area contributed by atoms with E-state index in [1.54, 1.807) is 13.8 Å². The van der Waals surface area contributed by atoms with Crippen molar-refractivity contribution >= 4 is 38.6 Å². The Labute approximate surface area is 183 Å². The van der Waals surface area contributed by atoms with Crippen LogP contribution in [0.15, 0.2) is 75.6 Å². The van der Waals surface area contributed by atoms with E-state index in [0.29, 0.717) is 17.3 Å². The fraction of sp³-hybridized carbons (Fsp3) is 0.167. The third-order valence-corrected chi connectivity index (χ3v) is 5.17. The normalized spacial score (nSPS) is 11.5. The highest BCUT2D eigenvalue weighted by Gasteiger charge is 2.30. The molecule has 3 aromatic carbocycles. The molecule has 5 nitrogen and oxygen atoms in total. The number of anilines is 1. The molecule has 0 atom stereocenters. The molecule has 0 radical (unpaired) electrons. The van der Waals surface area contributed by atoms with Crippen LogP contribution in [0.5, 0.6) is 5.75 Å². The fourth-order valence-corrected chi connectivity index (χ4v) is 3.28. The Morgan fingerprint density at radius 3 is 2.60 bits per heavy atom. The summed E-state index contributed by atoms with van der Waals surface area (Å²) in [4.78, 5) is 17.4. The van der Waals surface area contributed by atoms with Gasteiger partial charge in [0.2, 0.25) is 5.89 Å². The van der Waals surface area contributed by atoms with Crippen molar-refractivity contribution in [2.45, 2.75) is 26.4 Å². The average Bonchev–Trinajstić information content (AvgIpc) is 3.13. The predicted molar refractivity (Wildman–Crippen MR) is 122 cm³/mol. The number of aryl methyl sites for hydroxylation is 1. The first-order valence-electron chi connectivity index (χ1n) is 9.54. The molecule has 0 unspecified atom stereocenters. The zero-order valence-electron chi connectivity index (χ0n) is 16.9. The summed E-state index contributed by atoms with van der Waals surface area (Å²) in [5.41, 5.74) is 3.03. The fourth-order valence-electron chi connectivity index (χ4n) is 3.02. The third kappa shape index (κ3) is 4.39. The van der Waals surface area contributed by atoms with Crippen molar-refractivity contribution in [3.05, 3.63) is 76.8 Å². The van der Waals surface area contributed by atoms with Gasteiger partial charge in [0.15, 0.2) is 11.2 Å². The Balaban J connectivity index is 1.53. The second kappa shape index (κ2) is 7.95. The van der Waals surface area contributed by atoms with E-state index in [4.69, 9.17) is 9.15 Å². The Kier molecular flexibility index (Phi) is 5.35. The maximum absolute atomic E-state index is 12.8. The van der Waals surface area contributed by atoms with Gasteiger partial charge in [-0.15, -0.1) is 0 Å². The van der Waals surface area contributed by atoms with E-state index in [0.717, 1.165) is 26.7 Å². The van der Waals surface area contributed by atoms with Gasteiger partial charge in [0, 0.05) is 15.7 Å². The summed E-state index contributed by atoms with van der Waals surface area (Å²) < 4.78 is 12.7. The molecule has 0 saturated heterocycles. The first-order chi connectivity index (χ1) is 14.3. The van der Waals surface area contributed by atoms with Gasteiger partial charge in [-0.1, -0.05) is 28.1 Å². The molecule has 30 heavy (non-hydrogen) atoms. The first-order valence-corrected chi connectivity index (χ1v) is 10.3. The van der Waals surface area contributed by atoms with Crippen LogP contribution in [0, 0.1) is 6.92 Å². The minimum Gasteiger partial charge on any atom is -0.478 e. The van der Waals surface area contributed by atoms with Crippen molar-refractivity contribution in [3.63, 3.8) is 0 Å². The Morgan fingerprint density at radius 1 is 1.07 bits per heavy atom. The molecule has 0 bridgehead atoms. The summed E-state index contributed by atoms with van der Waals surface area (Å²) in [5.74, 6) is 0.877. The van der Waals surface area contributed by atoms with Gasteiger partial charge in [0.1, 0.15) is 11.3 Å². The van der Waals surface area contributed by atoms with Crippen LogP contribution in [-0.2, 0) is 4.79 Å². The highest BCUT2D eigenvalue weighted by Crippen LogP contribution is 2.28. The second-order valence-corrected chi connectivity index (χ2v) is 8.51. The van der Waals surface area contributed by atoms with Crippen molar-refractivity contribution in [2.24, 2.45) is 0 Å². The minimum atomic E-state index is -1.06. The number of amides is 1. The lowest BCUT2D eigenvalue weighted by Gasteiger charge is -2.25. The molecule has 4 rings (SSSR count). The number of hydrogen-bond donors (Lipinski definition) is 1. The number of nitrogens with zero attached hydrogens (tertiary/aromatic N) is 1. The van der Waals surface area contributed by atoms with Crippen molar-refractivity contribution in [1.82, 2.24) is 4.98 Å². The van der Waals surface area contributed by atoms with Crippen LogP contribution >= 0.6 is 15.9 Å². The molecule has 1 amide bonds. The van der Waals surface area contributed by atoms with Gasteiger partial charge >= 0.3 is 0 Å². The molecule has 6 heteroatoms. The number of ether oxygens (including phenoxy) is 1. The molecule has 0 aliphatic rings. The van der Waals surface area contributed by atoms with Crippen LogP contribution in [0.2, 0.25) is 0 Å². The van der Waals surface area contributed by atoms with Crippen LogP contribution in [0.25, 0.3) is 22.6 Å². The van der Waals surface area contributed by atoms with Crippen LogP contribution in [0.3, 0.4) is 0 Å². The minimum absolute atomic E-state index is 0.254. The summed E-state index contributed by atoms with van der Waals surface area (Å²) in [7, 11) is 0. The Morgan fingerprint density at radius 2 is 1.83 bits per heavy atom. The number of carbonyl (C=O) groups excluding carboxylic acids is 1. The van der Waals surface area contributed by atoms with Gasteiger partial charge in [0.05, 0.1) is 0 Å². The van der Waals surface area contributed by atoms with Gasteiger partial charge in [-0.05, 0) is 80.9 Å². The standard InChI is InChI=1S/C24H21BrN2O3/c1-15-7-12-21-20(13-15)27-22(29-21)16-5-4-6-18(14-16)26-23(28)24(2,3)30-19-10-8-17(25)9-11-19/h4-14H,1-3H3,(H,26,28). The first kappa shape index (κ1) is 20.2. The molecule has 0 saturated carbocycles. The summed E-state index contributed by atoms with van der Waals surface area (Å²) >= 11 is 3.39. The van der Waals surface area contributed by atoms with Gasteiger partial charge in [-0.25, -0.2) is 4.98 Å². The van der Waals surface area contributed by atoms with E-state index >= 15 is 0 Å². The third-order valence-electron chi connectivity index (χ3n) is 4.64. The van der Waals surface area contributed by atoms with E-state index in [1.807, 2.05) is 73.7 Å². The highest BCUT2D eigenvalue weighted by molar-refractivity contribution is 9.10. The Bertz CT molecular complexity index is 1210. The lowest BCUT2D eigenvalue weighted by atomic mass is 10.1. The molecule has 1 aromatic heterocycles. The van der Waals surface area contributed by atoms with Crippen molar-refractivity contribution in [2.75, 3.05) is 5.32 Å². The van der Waals surface area contributed by atoms with Crippen molar-refractivity contribution < 1.29 is 13.9 Å². The molecule has 152 valence electrons. The van der Waals surface area contributed by atoms with E-state index in [9.17, 15) is 4.79 Å². The quantitative estimate of drug-likeness (QED) is 0.373. The molecular formula is C24H21BrN2O3. The number of benzene rings is 3. The molecule has 0 aliphatic heterocycles. The summed E-state index contributed by atoms with van der Waals surface area (Å²) in [6.07, 6.45) is 0. The van der Waals surface area contributed by atoms with Gasteiger partial charge in [-0.3, -0.25) is 4.79 Å². The molecule has 0 spiro atoms. The Hall–Kier alpha value is -3.12. The van der Waals surface area contributed by atoms with Gasteiger partial charge in [0.25, 0.3) is 5.91 Å². The van der Waals surface area contributed by atoms with E-state index < -0.39 is 5.60 Å². The molecule has 0 fully saturated rings. The number of halogens is 1. The number of fused-ring (bicyclic) bond motifs is 1. The number of oxazole rings is 1. The van der Waals surface area contributed by atoms with Crippen LogP contribution in [-0.4, -0.2) is 16.5 Å². The number of nitrogens with one attached hydrogen (secondary N) is 1. The summed E-state index contributed by atoms with van der Waals surface area (Å²) in [6, 6.07) is 20.7. The maximum atomic E-state index is 12.8. The zero-order valence-corrected chi connectivity index (χ0v) is 18.5. The van der Waals surface area contributed by atoms with Crippen LogP contribution in [0.1, 0.15) is 19.4 Å². The topological polar surface area (TPSA) is 64.4 Å². The second-order valence-electron chi connectivity index (χ2n) is 7.59. The van der Waals surface area contributed by atoms with Crippen LogP contribution < -0.4 is 10.1 Å². The summed E-state index contributed by atoms with van der Waals surface area (Å²) in [6.45, 7) is 5.48. The monoisotopic (exact) mass is 464 g/mol. The summed E-state index contributed by atoms with van der Waals surface area (Å²) in [5, 5.41) is 2.92. The number of rotatable bonds is 5. The van der Waals surface area contributed by atoms with Crippen LogP contribution in [0.4, 0.5) is 5.69 Å². The lowest BCUT2D eigenvalue weighted by Crippen LogP contribution is -2.42. The predicted octanol–water partition coefficient (Wildman–Crippen LogP) is 6.36. The number of carbonyl (C=O) groups is 1. The van der Waals surface area contributed by atoms with E-state index in [2.05, 4.69) is 26.2 Å². The molecule has 1 N–H and O–H groups in total. The highest BCUT2D eigenvalue weighted by atomic mass is 79.9. The number of aromatic nitrogens is 1. The smallest absolute Gasteiger partial charge is 0.267 e. The maximum Gasteiger partial charge on any atom is 0.267 e. The molecule has 4 aromatic rings. The zero-order chi connectivity index (χ0) is 21.3. The average molecular weight is 465 g/mol. The SMILES string of the molecule is Cc1ccc2oc(-c3cccc(NC(=O)C(C)(C)Oc4ccc(Br)cc4)c3)nc2c1. The van der Waals surface area contributed by atoms with Gasteiger partial charge < -0.3 is 14.5 Å². The largest absolute Gasteiger partial charge is 0.478 e. The number of hydrogen-bond acceptors (Lipinski definition) is 4. The molecule has 0 aliphatic carbocycles. The molecular weight excluding hydrogens is 444 g/mol. The van der Waals surface area contributed by atoms with Crippen molar-refractivity contribution in [1.29, 1.82) is 0 Å². The van der Waals surface area contributed by atoms with Crippen molar-refractivity contribution in [3.8, 4) is 17.2 Å². The van der Waals surface area contributed by atoms with Gasteiger partial charge in [-0.2, -0.15) is 0 Å². The molecule has 1 heterocycles.